The molecule has 6 nitrogen and oxygen atoms in total. The number of aromatic carboxylic acids is 1. The van der Waals surface area contributed by atoms with E-state index in [1.807, 2.05) is 26.8 Å². The minimum absolute atomic E-state index is 0.106. The Morgan fingerprint density at radius 3 is 2.77 bits per heavy atom. The highest BCUT2D eigenvalue weighted by atomic mass is 35.5. The Kier molecular flexibility index (Phi) is 4.88. The fourth-order valence-corrected chi connectivity index (χ4v) is 3.64. The van der Waals surface area contributed by atoms with Gasteiger partial charge < -0.3 is 19.6 Å². The third-order valence-electron chi connectivity index (χ3n) is 4.22. The number of aromatic nitrogens is 1. The van der Waals surface area contributed by atoms with Gasteiger partial charge in [-0.3, -0.25) is 4.79 Å². The van der Waals surface area contributed by atoms with Crippen molar-refractivity contribution in [1.29, 1.82) is 0 Å². The van der Waals surface area contributed by atoms with E-state index in [1.165, 1.54) is 0 Å². The van der Waals surface area contributed by atoms with Crippen molar-refractivity contribution in [3.05, 3.63) is 27.9 Å². The molecule has 26 heavy (non-hydrogen) atoms. The van der Waals surface area contributed by atoms with Crippen molar-refractivity contribution in [2.75, 3.05) is 6.61 Å². The fourth-order valence-electron chi connectivity index (χ4n) is 3.25. The summed E-state index contributed by atoms with van der Waals surface area (Å²) in [7, 11) is 0. The van der Waals surface area contributed by atoms with E-state index in [0.717, 1.165) is 12.0 Å². The number of rotatable bonds is 5. The van der Waals surface area contributed by atoms with E-state index in [4.69, 9.17) is 21.1 Å². The molecule has 0 spiro atoms. The van der Waals surface area contributed by atoms with Gasteiger partial charge in [0.15, 0.2) is 0 Å². The van der Waals surface area contributed by atoms with Crippen LogP contribution in [0.2, 0.25) is 5.02 Å². The Hall–Kier alpha value is -2.21. The maximum absolute atomic E-state index is 11.9. The van der Waals surface area contributed by atoms with Gasteiger partial charge in [0.25, 0.3) is 0 Å². The molecule has 0 aliphatic carbocycles. The zero-order valence-corrected chi connectivity index (χ0v) is 15.8. The number of hydrogen-bond donors (Lipinski definition) is 2. The van der Waals surface area contributed by atoms with Gasteiger partial charge in [0, 0.05) is 29.3 Å². The standard InChI is InChI=1S/C19H22ClNO5/c1-19(2,3)26-13(22)6-4-5-11-14-12(21-16(11)18(23)24)9-10-7-8-25-17(10)15(14)20/h9,21H,4-8H2,1-3H3,(H,23,24). The number of fused-ring (bicyclic) bond motifs is 2. The molecule has 0 radical (unpaired) electrons. The molecule has 0 bridgehead atoms. The number of nitrogens with one attached hydrogen (secondary N) is 1. The average molecular weight is 380 g/mol. The summed E-state index contributed by atoms with van der Waals surface area (Å²) < 4.78 is 10.9. The molecule has 0 fully saturated rings. The van der Waals surface area contributed by atoms with Crippen LogP contribution < -0.4 is 4.74 Å². The van der Waals surface area contributed by atoms with E-state index in [-0.39, 0.29) is 18.1 Å². The Bertz CT molecular complexity index is 878. The number of carbonyl (C=O) groups excluding carboxylic acids is 1. The van der Waals surface area contributed by atoms with Crippen LogP contribution in [0.5, 0.6) is 5.75 Å². The predicted molar refractivity (Wildman–Crippen MR) is 98.3 cm³/mol. The van der Waals surface area contributed by atoms with E-state index in [2.05, 4.69) is 4.98 Å². The van der Waals surface area contributed by atoms with Gasteiger partial charge in [-0.1, -0.05) is 11.6 Å². The number of ether oxygens (including phenoxy) is 2. The van der Waals surface area contributed by atoms with Gasteiger partial charge in [-0.15, -0.1) is 0 Å². The number of carbonyl (C=O) groups is 2. The van der Waals surface area contributed by atoms with Gasteiger partial charge in [0.05, 0.1) is 11.6 Å². The molecule has 2 aromatic rings. The molecule has 1 aliphatic rings. The fraction of sp³-hybridized carbons (Fsp3) is 0.474. The Morgan fingerprint density at radius 2 is 2.12 bits per heavy atom. The van der Waals surface area contributed by atoms with Crippen molar-refractivity contribution in [3.63, 3.8) is 0 Å². The van der Waals surface area contributed by atoms with Gasteiger partial charge in [-0.25, -0.2) is 4.79 Å². The number of halogens is 1. The van der Waals surface area contributed by atoms with Crippen LogP contribution in [0.15, 0.2) is 6.07 Å². The number of aryl methyl sites for hydroxylation is 1. The summed E-state index contributed by atoms with van der Waals surface area (Å²) in [5, 5.41) is 10.6. The summed E-state index contributed by atoms with van der Waals surface area (Å²) >= 11 is 6.51. The summed E-state index contributed by atoms with van der Waals surface area (Å²) in [5.74, 6) is -0.723. The zero-order valence-electron chi connectivity index (χ0n) is 15.1. The molecule has 1 aromatic carbocycles. The maximum Gasteiger partial charge on any atom is 0.352 e. The van der Waals surface area contributed by atoms with Gasteiger partial charge in [-0.05, 0) is 45.2 Å². The number of benzene rings is 1. The molecule has 0 atom stereocenters. The van der Waals surface area contributed by atoms with Crippen LogP contribution in [0.4, 0.5) is 0 Å². The molecular weight excluding hydrogens is 358 g/mol. The topological polar surface area (TPSA) is 88.6 Å². The molecular formula is C19H22ClNO5. The molecule has 0 amide bonds. The van der Waals surface area contributed by atoms with Gasteiger partial charge >= 0.3 is 11.9 Å². The molecule has 2 N–H and O–H groups in total. The van der Waals surface area contributed by atoms with E-state index in [1.54, 1.807) is 0 Å². The summed E-state index contributed by atoms with van der Waals surface area (Å²) in [6, 6.07) is 1.90. The third kappa shape index (κ3) is 3.65. The Morgan fingerprint density at radius 1 is 1.38 bits per heavy atom. The maximum atomic E-state index is 11.9. The minimum atomic E-state index is -1.05. The van der Waals surface area contributed by atoms with Gasteiger partial charge in [0.1, 0.15) is 17.0 Å². The van der Waals surface area contributed by atoms with Crippen molar-refractivity contribution in [1.82, 2.24) is 4.98 Å². The third-order valence-corrected chi connectivity index (χ3v) is 4.58. The minimum Gasteiger partial charge on any atom is -0.491 e. The number of carboxylic acid groups (broad SMARTS) is 1. The summed E-state index contributed by atoms with van der Waals surface area (Å²) in [6.07, 6.45) is 1.83. The van der Waals surface area contributed by atoms with Crippen molar-refractivity contribution >= 4 is 34.4 Å². The lowest BCUT2D eigenvalue weighted by Gasteiger charge is -2.19. The van der Waals surface area contributed by atoms with Gasteiger partial charge in [-0.2, -0.15) is 0 Å². The number of H-pyrrole nitrogens is 1. The smallest absolute Gasteiger partial charge is 0.352 e. The molecule has 0 saturated carbocycles. The summed E-state index contributed by atoms with van der Waals surface area (Å²) in [6.45, 7) is 6.01. The largest absolute Gasteiger partial charge is 0.491 e. The highest BCUT2D eigenvalue weighted by Crippen LogP contribution is 2.42. The first-order valence-electron chi connectivity index (χ1n) is 8.61. The second-order valence-electron chi connectivity index (χ2n) is 7.42. The van der Waals surface area contributed by atoms with Crippen molar-refractivity contribution in [3.8, 4) is 5.75 Å². The first-order valence-corrected chi connectivity index (χ1v) is 8.99. The highest BCUT2D eigenvalue weighted by molar-refractivity contribution is 6.37. The summed E-state index contributed by atoms with van der Waals surface area (Å²) in [5.41, 5.74) is 1.82. The Balaban J connectivity index is 1.88. The first kappa shape index (κ1) is 18.6. The number of esters is 1. The molecule has 140 valence electrons. The average Bonchev–Trinajstić information content (AvgIpc) is 3.10. The van der Waals surface area contributed by atoms with Crippen LogP contribution in [-0.2, 0) is 22.4 Å². The lowest BCUT2D eigenvalue weighted by Crippen LogP contribution is -2.23. The lowest BCUT2D eigenvalue weighted by molar-refractivity contribution is -0.154. The SMILES string of the molecule is CC(C)(C)OC(=O)CCCc1c(C(=O)O)[nH]c2cc3c(c(Cl)c12)OCC3. The Labute approximate surface area is 156 Å². The van der Waals surface area contributed by atoms with Crippen LogP contribution in [-0.4, -0.2) is 34.2 Å². The van der Waals surface area contributed by atoms with E-state index in [9.17, 15) is 14.7 Å². The number of aromatic amines is 1. The first-order chi connectivity index (χ1) is 12.2. The highest BCUT2D eigenvalue weighted by Gasteiger charge is 2.25. The molecule has 7 heteroatoms. The van der Waals surface area contributed by atoms with Crippen molar-refractivity contribution < 1.29 is 24.2 Å². The van der Waals surface area contributed by atoms with Crippen LogP contribution in [0.25, 0.3) is 10.9 Å². The van der Waals surface area contributed by atoms with Crippen LogP contribution >= 0.6 is 11.6 Å². The number of carboxylic acids is 1. The molecule has 0 unspecified atom stereocenters. The summed E-state index contributed by atoms with van der Waals surface area (Å²) in [4.78, 5) is 26.5. The van der Waals surface area contributed by atoms with Gasteiger partial charge in [0.2, 0.25) is 0 Å². The monoisotopic (exact) mass is 379 g/mol. The lowest BCUT2D eigenvalue weighted by atomic mass is 10.0. The second-order valence-corrected chi connectivity index (χ2v) is 7.80. The quantitative estimate of drug-likeness (QED) is 0.763. The zero-order chi connectivity index (χ0) is 19.1. The molecule has 3 rings (SSSR count). The molecule has 1 aromatic heterocycles. The second kappa shape index (κ2) is 6.83. The normalized spacial score (nSPS) is 13.5. The predicted octanol–water partition coefficient (Wildman–Crippen LogP) is 4.12. The van der Waals surface area contributed by atoms with E-state index in [0.29, 0.717) is 46.7 Å². The van der Waals surface area contributed by atoms with E-state index >= 15 is 0 Å². The van der Waals surface area contributed by atoms with Crippen LogP contribution in [0.1, 0.15) is 55.2 Å². The van der Waals surface area contributed by atoms with Crippen LogP contribution in [0, 0.1) is 0 Å². The van der Waals surface area contributed by atoms with Crippen molar-refractivity contribution in [2.45, 2.75) is 52.1 Å². The molecule has 1 aliphatic heterocycles. The van der Waals surface area contributed by atoms with Crippen molar-refractivity contribution in [2.24, 2.45) is 0 Å². The molecule has 0 saturated heterocycles. The number of hydrogen-bond acceptors (Lipinski definition) is 4. The van der Waals surface area contributed by atoms with E-state index < -0.39 is 11.6 Å². The molecule has 2 heterocycles. The van der Waals surface area contributed by atoms with Crippen LogP contribution in [0.3, 0.4) is 0 Å².